The molecule has 0 saturated carbocycles. The predicted octanol–water partition coefficient (Wildman–Crippen LogP) is 1.29. The molecule has 114 valence electrons. The van der Waals surface area contributed by atoms with E-state index >= 15 is 0 Å². The van der Waals surface area contributed by atoms with Crippen LogP contribution in [0, 0.1) is 5.92 Å². The molecular weight excluding hydrogens is 266 g/mol. The average molecular weight is 289 g/mol. The van der Waals surface area contributed by atoms with Crippen molar-refractivity contribution in [2.24, 2.45) is 13.0 Å². The van der Waals surface area contributed by atoms with Crippen LogP contribution in [-0.4, -0.2) is 44.0 Å². The van der Waals surface area contributed by atoms with Crippen molar-refractivity contribution in [1.82, 2.24) is 24.2 Å². The maximum absolute atomic E-state index is 5.64. The van der Waals surface area contributed by atoms with Gasteiger partial charge in [-0.05, 0) is 13.0 Å². The SMILES string of the molecule is CCOC[C@@H]1CN(Cc2nccn2C)Cc2ccnn2C1. The van der Waals surface area contributed by atoms with Crippen LogP contribution < -0.4 is 0 Å². The Labute approximate surface area is 125 Å². The summed E-state index contributed by atoms with van der Waals surface area (Å²) in [7, 11) is 2.04. The van der Waals surface area contributed by atoms with Crippen LogP contribution in [-0.2, 0) is 31.4 Å². The van der Waals surface area contributed by atoms with Gasteiger partial charge in [0.2, 0.25) is 0 Å². The molecular formula is C15H23N5O. The summed E-state index contributed by atoms with van der Waals surface area (Å²) >= 11 is 0. The molecule has 1 aliphatic rings. The Hall–Kier alpha value is -1.66. The third-order valence-corrected chi connectivity index (χ3v) is 3.98. The van der Waals surface area contributed by atoms with Crippen LogP contribution in [0.4, 0.5) is 0 Å². The first-order chi connectivity index (χ1) is 10.3. The van der Waals surface area contributed by atoms with E-state index in [1.54, 1.807) is 0 Å². The molecule has 1 atom stereocenters. The van der Waals surface area contributed by atoms with Gasteiger partial charge < -0.3 is 9.30 Å². The van der Waals surface area contributed by atoms with Crippen molar-refractivity contribution in [3.05, 3.63) is 36.2 Å². The molecule has 2 aromatic rings. The third-order valence-electron chi connectivity index (χ3n) is 3.98. The summed E-state index contributed by atoms with van der Waals surface area (Å²) < 4.78 is 9.84. The lowest BCUT2D eigenvalue weighted by molar-refractivity contribution is 0.0834. The molecule has 0 aliphatic carbocycles. The first-order valence-electron chi connectivity index (χ1n) is 7.53. The van der Waals surface area contributed by atoms with E-state index in [0.29, 0.717) is 5.92 Å². The summed E-state index contributed by atoms with van der Waals surface area (Å²) in [4.78, 5) is 6.88. The number of aromatic nitrogens is 4. The molecule has 2 aromatic heterocycles. The van der Waals surface area contributed by atoms with E-state index in [2.05, 4.69) is 30.3 Å². The molecule has 6 heteroatoms. The Bertz CT molecular complexity index is 576. The van der Waals surface area contributed by atoms with Gasteiger partial charge in [-0.15, -0.1) is 0 Å². The van der Waals surface area contributed by atoms with E-state index in [1.807, 2.05) is 32.6 Å². The van der Waals surface area contributed by atoms with Gasteiger partial charge in [0.15, 0.2) is 0 Å². The van der Waals surface area contributed by atoms with Gasteiger partial charge in [-0.25, -0.2) is 4.98 Å². The Balaban J connectivity index is 1.75. The van der Waals surface area contributed by atoms with E-state index in [9.17, 15) is 0 Å². The predicted molar refractivity (Wildman–Crippen MR) is 79.5 cm³/mol. The Kier molecular flexibility index (Phi) is 4.36. The topological polar surface area (TPSA) is 48.1 Å². The van der Waals surface area contributed by atoms with Gasteiger partial charge in [-0.2, -0.15) is 5.10 Å². The number of hydrogen-bond donors (Lipinski definition) is 0. The molecule has 3 rings (SSSR count). The molecule has 6 nitrogen and oxygen atoms in total. The molecule has 0 radical (unpaired) electrons. The molecule has 0 spiro atoms. The van der Waals surface area contributed by atoms with E-state index in [4.69, 9.17) is 4.74 Å². The molecule has 0 N–H and O–H groups in total. The van der Waals surface area contributed by atoms with Crippen molar-refractivity contribution >= 4 is 0 Å². The van der Waals surface area contributed by atoms with E-state index < -0.39 is 0 Å². The zero-order valence-corrected chi connectivity index (χ0v) is 12.8. The Morgan fingerprint density at radius 1 is 1.33 bits per heavy atom. The highest BCUT2D eigenvalue weighted by Crippen LogP contribution is 2.18. The number of ether oxygens (including phenoxy) is 1. The quantitative estimate of drug-likeness (QED) is 0.832. The van der Waals surface area contributed by atoms with Crippen LogP contribution in [0.1, 0.15) is 18.4 Å². The molecule has 0 saturated heterocycles. The normalized spacial score (nSPS) is 19.4. The van der Waals surface area contributed by atoms with Crippen molar-refractivity contribution in [3.8, 4) is 0 Å². The highest BCUT2D eigenvalue weighted by molar-refractivity contribution is 5.03. The standard InChI is InChI=1S/C15H23N5O/c1-3-21-12-13-8-19(11-15-16-6-7-18(15)2)10-14-4-5-17-20(14)9-13/h4-7,13H,3,8-12H2,1-2H3/t13-/m1/s1. The number of hydrogen-bond acceptors (Lipinski definition) is 4. The minimum atomic E-state index is 0.464. The summed E-state index contributed by atoms with van der Waals surface area (Å²) in [5.74, 6) is 1.56. The van der Waals surface area contributed by atoms with Crippen LogP contribution in [0.25, 0.3) is 0 Å². The minimum absolute atomic E-state index is 0.464. The molecule has 1 aliphatic heterocycles. The van der Waals surface area contributed by atoms with E-state index in [-0.39, 0.29) is 0 Å². The highest BCUT2D eigenvalue weighted by atomic mass is 16.5. The fourth-order valence-electron chi connectivity index (χ4n) is 2.88. The second-order valence-electron chi connectivity index (χ2n) is 5.65. The van der Waals surface area contributed by atoms with Crippen LogP contribution >= 0.6 is 0 Å². The lowest BCUT2D eigenvalue weighted by Gasteiger charge is -2.23. The van der Waals surface area contributed by atoms with Gasteiger partial charge in [0.05, 0.1) is 18.8 Å². The maximum Gasteiger partial charge on any atom is 0.122 e. The molecule has 21 heavy (non-hydrogen) atoms. The van der Waals surface area contributed by atoms with Gasteiger partial charge >= 0.3 is 0 Å². The number of nitrogens with zero attached hydrogens (tertiary/aromatic N) is 5. The van der Waals surface area contributed by atoms with Crippen LogP contribution in [0.15, 0.2) is 24.7 Å². The number of imidazole rings is 1. The first kappa shape index (κ1) is 14.3. The summed E-state index contributed by atoms with van der Waals surface area (Å²) in [6.07, 6.45) is 5.74. The minimum Gasteiger partial charge on any atom is -0.381 e. The van der Waals surface area contributed by atoms with Crippen molar-refractivity contribution in [1.29, 1.82) is 0 Å². The highest BCUT2D eigenvalue weighted by Gasteiger charge is 2.23. The van der Waals surface area contributed by atoms with Crippen molar-refractivity contribution in [2.45, 2.75) is 26.6 Å². The van der Waals surface area contributed by atoms with E-state index in [1.165, 1.54) is 5.69 Å². The zero-order valence-electron chi connectivity index (χ0n) is 12.8. The van der Waals surface area contributed by atoms with E-state index in [0.717, 1.165) is 45.2 Å². The van der Waals surface area contributed by atoms with Crippen molar-refractivity contribution in [2.75, 3.05) is 19.8 Å². The number of rotatable bonds is 5. The molecule has 0 aromatic carbocycles. The lowest BCUT2D eigenvalue weighted by atomic mass is 10.1. The van der Waals surface area contributed by atoms with Crippen LogP contribution in [0.2, 0.25) is 0 Å². The molecule has 0 amide bonds. The molecule has 0 unspecified atom stereocenters. The fraction of sp³-hybridized carbons (Fsp3) is 0.600. The third kappa shape index (κ3) is 3.33. The second-order valence-corrected chi connectivity index (χ2v) is 5.65. The monoisotopic (exact) mass is 289 g/mol. The molecule has 3 heterocycles. The first-order valence-corrected chi connectivity index (χ1v) is 7.53. The summed E-state index contributed by atoms with van der Waals surface area (Å²) in [5.41, 5.74) is 1.27. The summed E-state index contributed by atoms with van der Waals surface area (Å²) in [6.45, 7) is 7.30. The maximum atomic E-state index is 5.64. The largest absolute Gasteiger partial charge is 0.381 e. The van der Waals surface area contributed by atoms with Gasteiger partial charge in [0.1, 0.15) is 5.82 Å². The van der Waals surface area contributed by atoms with Gasteiger partial charge in [0.25, 0.3) is 0 Å². The van der Waals surface area contributed by atoms with Crippen molar-refractivity contribution in [3.63, 3.8) is 0 Å². The van der Waals surface area contributed by atoms with Crippen LogP contribution in [0.3, 0.4) is 0 Å². The lowest BCUT2D eigenvalue weighted by Crippen LogP contribution is -2.30. The van der Waals surface area contributed by atoms with Gasteiger partial charge in [0, 0.05) is 57.8 Å². The summed E-state index contributed by atoms with van der Waals surface area (Å²) in [5, 5.41) is 4.44. The van der Waals surface area contributed by atoms with Gasteiger partial charge in [-0.1, -0.05) is 0 Å². The fourth-order valence-corrected chi connectivity index (χ4v) is 2.88. The Morgan fingerprint density at radius 3 is 3.00 bits per heavy atom. The molecule has 0 fully saturated rings. The second kappa shape index (κ2) is 6.41. The Morgan fingerprint density at radius 2 is 2.24 bits per heavy atom. The van der Waals surface area contributed by atoms with Crippen LogP contribution in [0.5, 0.6) is 0 Å². The average Bonchev–Trinajstić information content (AvgIpc) is 3.03. The zero-order chi connectivity index (χ0) is 14.7. The number of aryl methyl sites for hydroxylation is 1. The van der Waals surface area contributed by atoms with Gasteiger partial charge in [-0.3, -0.25) is 9.58 Å². The molecule has 0 bridgehead atoms. The summed E-state index contributed by atoms with van der Waals surface area (Å²) in [6, 6.07) is 2.11. The van der Waals surface area contributed by atoms with Crippen molar-refractivity contribution < 1.29 is 4.74 Å². The number of fused-ring (bicyclic) bond motifs is 1. The smallest absolute Gasteiger partial charge is 0.122 e.